The molecule has 7 heteroatoms. The molecule has 0 saturated carbocycles. The topological polar surface area (TPSA) is 78.8 Å². The van der Waals surface area contributed by atoms with Crippen LogP contribution in [0.25, 0.3) is 11.4 Å². The van der Waals surface area contributed by atoms with Crippen LogP contribution in [0, 0.1) is 11.3 Å². The molecule has 1 saturated heterocycles. The van der Waals surface area contributed by atoms with Gasteiger partial charge in [0.1, 0.15) is 5.01 Å². The predicted molar refractivity (Wildman–Crippen MR) is 93.6 cm³/mol. The van der Waals surface area contributed by atoms with Gasteiger partial charge >= 0.3 is 0 Å². The summed E-state index contributed by atoms with van der Waals surface area (Å²) in [6.45, 7) is 1.82. The van der Waals surface area contributed by atoms with Crippen molar-refractivity contribution < 1.29 is 4.52 Å². The van der Waals surface area contributed by atoms with Crippen LogP contribution in [0.3, 0.4) is 0 Å². The average Bonchev–Trinajstić information content (AvgIpc) is 3.34. The van der Waals surface area contributed by atoms with E-state index in [0.717, 1.165) is 36.5 Å². The Balaban J connectivity index is 1.58. The van der Waals surface area contributed by atoms with Crippen LogP contribution in [0.2, 0.25) is 0 Å². The highest BCUT2D eigenvalue weighted by Gasteiger charge is 2.29. The monoisotopic (exact) mass is 351 g/mol. The lowest BCUT2D eigenvalue weighted by Gasteiger charge is -2.32. The molecule has 1 atom stereocenters. The summed E-state index contributed by atoms with van der Waals surface area (Å²) in [5.41, 5.74) is 1.39. The molecule has 1 aromatic carbocycles. The maximum Gasteiger partial charge on any atom is 0.244 e. The number of aromatic nitrogens is 3. The van der Waals surface area contributed by atoms with Gasteiger partial charge in [-0.3, -0.25) is 4.90 Å². The van der Waals surface area contributed by atoms with Crippen molar-refractivity contribution >= 4 is 11.3 Å². The maximum atomic E-state index is 9.05. The first-order valence-corrected chi connectivity index (χ1v) is 9.18. The van der Waals surface area contributed by atoms with Crippen LogP contribution in [0.5, 0.6) is 0 Å². The summed E-state index contributed by atoms with van der Waals surface area (Å²) >= 11 is 1.67. The van der Waals surface area contributed by atoms with E-state index in [1.165, 1.54) is 6.42 Å². The number of benzene rings is 1. The molecule has 1 aliphatic rings. The SMILES string of the molecule is N#Cc1cccc(-c2noc(C3CCCCN3Cc3nccs3)n2)c1. The third-order valence-corrected chi connectivity index (χ3v) is 5.18. The number of piperidine rings is 1. The zero-order chi connectivity index (χ0) is 17.1. The largest absolute Gasteiger partial charge is 0.337 e. The first-order chi connectivity index (χ1) is 12.3. The van der Waals surface area contributed by atoms with Crippen molar-refractivity contribution in [2.45, 2.75) is 31.8 Å². The minimum atomic E-state index is 0.123. The molecule has 126 valence electrons. The van der Waals surface area contributed by atoms with Gasteiger partial charge in [0.05, 0.1) is 24.2 Å². The molecule has 0 bridgehead atoms. The molecular formula is C18H17N5OS. The van der Waals surface area contributed by atoms with Gasteiger partial charge in [-0.25, -0.2) is 4.98 Å². The Morgan fingerprint density at radius 3 is 3.16 bits per heavy atom. The van der Waals surface area contributed by atoms with Crippen molar-refractivity contribution in [3.8, 4) is 17.5 Å². The molecule has 0 spiro atoms. The molecule has 25 heavy (non-hydrogen) atoms. The fourth-order valence-corrected chi connectivity index (χ4v) is 3.82. The highest BCUT2D eigenvalue weighted by molar-refractivity contribution is 7.09. The summed E-state index contributed by atoms with van der Waals surface area (Å²) in [7, 11) is 0. The molecule has 3 aromatic rings. The quantitative estimate of drug-likeness (QED) is 0.711. The first-order valence-electron chi connectivity index (χ1n) is 8.30. The van der Waals surface area contributed by atoms with Crippen LogP contribution in [-0.2, 0) is 6.54 Å². The zero-order valence-electron chi connectivity index (χ0n) is 13.6. The lowest BCUT2D eigenvalue weighted by atomic mass is 10.0. The fraction of sp³-hybridized carbons (Fsp3) is 0.333. The van der Waals surface area contributed by atoms with Crippen LogP contribution in [-0.4, -0.2) is 26.6 Å². The molecule has 3 heterocycles. The molecule has 1 aliphatic heterocycles. The second-order valence-electron chi connectivity index (χ2n) is 6.06. The normalized spacial score (nSPS) is 18.1. The molecule has 4 rings (SSSR count). The number of hydrogen-bond donors (Lipinski definition) is 0. The van der Waals surface area contributed by atoms with Crippen molar-refractivity contribution in [2.24, 2.45) is 0 Å². The molecule has 6 nitrogen and oxygen atoms in total. The third kappa shape index (κ3) is 3.45. The standard InChI is InChI=1S/C18H17N5OS/c19-11-13-4-3-5-14(10-13)17-21-18(24-22-17)15-6-1-2-8-23(15)12-16-20-7-9-25-16/h3-5,7,9-10,15H,1-2,6,8,12H2. The van der Waals surface area contributed by atoms with Gasteiger partial charge in [0.2, 0.25) is 11.7 Å². The van der Waals surface area contributed by atoms with E-state index in [9.17, 15) is 0 Å². The zero-order valence-corrected chi connectivity index (χ0v) is 14.4. The van der Waals surface area contributed by atoms with Crippen molar-refractivity contribution in [1.82, 2.24) is 20.0 Å². The molecular weight excluding hydrogens is 334 g/mol. The van der Waals surface area contributed by atoms with Gasteiger partial charge in [-0.2, -0.15) is 10.2 Å². The smallest absolute Gasteiger partial charge is 0.244 e. The number of nitrogens with zero attached hydrogens (tertiary/aromatic N) is 5. The lowest BCUT2D eigenvalue weighted by Crippen LogP contribution is -2.33. The predicted octanol–water partition coefficient (Wildman–Crippen LogP) is 3.79. The van der Waals surface area contributed by atoms with Crippen molar-refractivity contribution in [3.63, 3.8) is 0 Å². The molecule has 1 fully saturated rings. The number of nitriles is 1. The Morgan fingerprint density at radius 1 is 1.36 bits per heavy atom. The van der Waals surface area contributed by atoms with Gasteiger partial charge < -0.3 is 4.52 Å². The van der Waals surface area contributed by atoms with Crippen LogP contribution < -0.4 is 0 Å². The van der Waals surface area contributed by atoms with E-state index in [4.69, 9.17) is 9.78 Å². The second kappa shape index (κ2) is 7.13. The summed E-state index contributed by atoms with van der Waals surface area (Å²) in [6, 6.07) is 9.53. The third-order valence-electron chi connectivity index (χ3n) is 4.41. The van der Waals surface area contributed by atoms with Crippen molar-refractivity contribution in [1.29, 1.82) is 5.26 Å². The van der Waals surface area contributed by atoms with E-state index >= 15 is 0 Å². The van der Waals surface area contributed by atoms with Crippen LogP contribution in [0.15, 0.2) is 40.4 Å². The summed E-state index contributed by atoms with van der Waals surface area (Å²) in [5, 5.41) is 16.3. The van der Waals surface area contributed by atoms with E-state index in [2.05, 4.69) is 26.1 Å². The van der Waals surface area contributed by atoms with Gasteiger partial charge in [0.25, 0.3) is 0 Å². The number of likely N-dealkylation sites (tertiary alicyclic amines) is 1. The van der Waals surface area contributed by atoms with Crippen LogP contribution in [0.1, 0.15) is 41.8 Å². The molecule has 1 unspecified atom stereocenters. The molecule has 2 aromatic heterocycles. The maximum absolute atomic E-state index is 9.05. The Morgan fingerprint density at radius 2 is 2.32 bits per heavy atom. The summed E-state index contributed by atoms with van der Waals surface area (Å²) in [4.78, 5) is 11.4. The number of hydrogen-bond acceptors (Lipinski definition) is 7. The van der Waals surface area contributed by atoms with E-state index in [1.807, 2.05) is 23.7 Å². The molecule has 0 aliphatic carbocycles. The summed E-state index contributed by atoms with van der Waals surface area (Å²) in [5.74, 6) is 1.18. The highest BCUT2D eigenvalue weighted by Crippen LogP contribution is 2.32. The first kappa shape index (κ1) is 15.9. The van der Waals surface area contributed by atoms with Crippen LogP contribution >= 0.6 is 11.3 Å². The minimum Gasteiger partial charge on any atom is -0.337 e. The van der Waals surface area contributed by atoms with Crippen molar-refractivity contribution in [3.05, 3.63) is 52.3 Å². The Bertz CT molecular complexity index is 883. The van der Waals surface area contributed by atoms with E-state index in [-0.39, 0.29) is 6.04 Å². The van der Waals surface area contributed by atoms with Gasteiger partial charge in [-0.15, -0.1) is 11.3 Å². The van der Waals surface area contributed by atoms with Crippen molar-refractivity contribution in [2.75, 3.05) is 6.54 Å². The lowest BCUT2D eigenvalue weighted by molar-refractivity contribution is 0.111. The van der Waals surface area contributed by atoms with Gasteiger partial charge in [0.15, 0.2) is 0 Å². The van der Waals surface area contributed by atoms with E-state index < -0.39 is 0 Å². The van der Waals surface area contributed by atoms with Gasteiger partial charge in [-0.05, 0) is 31.5 Å². The summed E-state index contributed by atoms with van der Waals surface area (Å²) in [6.07, 6.45) is 5.17. The number of thiazole rings is 1. The fourth-order valence-electron chi connectivity index (χ4n) is 3.18. The van der Waals surface area contributed by atoms with Gasteiger partial charge in [0, 0.05) is 17.1 Å². The average molecular weight is 351 g/mol. The Hall–Kier alpha value is -2.56. The van der Waals surface area contributed by atoms with Gasteiger partial charge in [-0.1, -0.05) is 23.7 Å². The van der Waals surface area contributed by atoms with E-state index in [0.29, 0.717) is 17.3 Å². The van der Waals surface area contributed by atoms with E-state index in [1.54, 1.807) is 23.5 Å². The molecule has 0 N–H and O–H groups in total. The minimum absolute atomic E-state index is 0.123. The Kier molecular flexibility index (Phi) is 4.55. The summed E-state index contributed by atoms with van der Waals surface area (Å²) < 4.78 is 5.58. The molecule has 0 amide bonds. The highest BCUT2D eigenvalue weighted by atomic mass is 32.1. The number of rotatable bonds is 4. The second-order valence-corrected chi connectivity index (χ2v) is 7.04. The van der Waals surface area contributed by atoms with Crippen LogP contribution in [0.4, 0.5) is 0 Å². The Labute approximate surface area is 149 Å². The molecule has 0 radical (unpaired) electrons.